The second-order valence-corrected chi connectivity index (χ2v) is 8.56. The van der Waals surface area contributed by atoms with E-state index in [4.69, 9.17) is 4.74 Å². The van der Waals surface area contributed by atoms with Crippen molar-refractivity contribution in [1.29, 1.82) is 0 Å². The molecule has 0 bridgehead atoms. The van der Waals surface area contributed by atoms with Gasteiger partial charge >= 0.3 is 160 Å². The zero-order chi connectivity index (χ0) is 17.8. The van der Waals surface area contributed by atoms with Crippen LogP contribution in [-0.2, 0) is 10.6 Å². The Labute approximate surface area is 160 Å². The van der Waals surface area contributed by atoms with Crippen molar-refractivity contribution in [3.63, 3.8) is 0 Å². The molecule has 1 aliphatic heterocycles. The number of nitrogens with zero attached hydrogens (tertiary/aromatic N) is 1. The molecule has 3 aromatic carbocycles. The van der Waals surface area contributed by atoms with Gasteiger partial charge in [-0.3, -0.25) is 0 Å². The molecule has 1 fully saturated rings. The van der Waals surface area contributed by atoms with Gasteiger partial charge in [-0.1, -0.05) is 0 Å². The number of aliphatic hydroxyl groups is 1. The first-order valence-corrected chi connectivity index (χ1v) is 10.8. The van der Waals surface area contributed by atoms with Gasteiger partial charge in [0.1, 0.15) is 0 Å². The van der Waals surface area contributed by atoms with E-state index in [0.717, 1.165) is 16.6 Å². The molecule has 0 radical (unpaired) electrons. The normalized spacial score (nSPS) is 22.5. The molecular weight excluding hydrogens is 389 g/mol. The molecule has 0 spiro atoms. The van der Waals surface area contributed by atoms with E-state index in [-0.39, 0.29) is 6.04 Å². The van der Waals surface area contributed by atoms with Crippen molar-refractivity contribution < 1.29 is 9.84 Å². The second kappa shape index (κ2) is 7.65. The van der Waals surface area contributed by atoms with Gasteiger partial charge in [0.05, 0.1) is 0 Å². The first-order chi connectivity index (χ1) is 12.8. The third kappa shape index (κ3) is 3.42. The minimum atomic E-state index is -1.43. The second-order valence-electron chi connectivity index (χ2n) is 6.27. The van der Waals surface area contributed by atoms with Gasteiger partial charge in [-0.2, -0.15) is 0 Å². The number of hydrogen-bond acceptors (Lipinski definition) is 3. The van der Waals surface area contributed by atoms with Crippen molar-refractivity contribution in [2.45, 2.75) is 17.3 Å². The standard InChI is InChI=1S/C22H21NO2Se/c24-22(18-10-4-1-5-11-18)23(19-12-6-2-7-13-19)20(16-25-22)17-26-21-14-8-3-9-15-21/h1-15,20,24H,16-17H2. The number of anilines is 1. The van der Waals surface area contributed by atoms with E-state index in [9.17, 15) is 5.11 Å². The number of rotatable bonds is 5. The molecule has 3 aromatic rings. The summed E-state index contributed by atoms with van der Waals surface area (Å²) in [5.74, 6) is -1.43. The van der Waals surface area contributed by atoms with Gasteiger partial charge in [-0.15, -0.1) is 0 Å². The first-order valence-electron chi connectivity index (χ1n) is 8.71. The van der Waals surface area contributed by atoms with Crippen LogP contribution >= 0.6 is 0 Å². The van der Waals surface area contributed by atoms with Crippen molar-refractivity contribution in [2.75, 3.05) is 11.5 Å². The van der Waals surface area contributed by atoms with Gasteiger partial charge < -0.3 is 0 Å². The molecule has 4 heteroatoms. The number of ether oxygens (including phenoxy) is 1. The van der Waals surface area contributed by atoms with Crippen LogP contribution < -0.4 is 9.36 Å². The quantitative estimate of drug-likeness (QED) is 0.656. The predicted molar refractivity (Wildman–Crippen MR) is 106 cm³/mol. The summed E-state index contributed by atoms with van der Waals surface area (Å²) in [4.78, 5) is 2.03. The fourth-order valence-corrected chi connectivity index (χ4v) is 5.34. The van der Waals surface area contributed by atoms with Crippen LogP contribution in [0, 0.1) is 0 Å². The SMILES string of the molecule is OC1(c2ccccc2)OCC(C[Se]c2ccccc2)N1c1ccccc1. The molecule has 1 aliphatic rings. The van der Waals surface area contributed by atoms with Crippen LogP contribution in [0.25, 0.3) is 0 Å². The Morgan fingerprint density at radius 2 is 1.46 bits per heavy atom. The molecule has 0 amide bonds. The van der Waals surface area contributed by atoms with Gasteiger partial charge in [-0.25, -0.2) is 0 Å². The molecular formula is C22H21NO2Se. The van der Waals surface area contributed by atoms with Crippen molar-refractivity contribution >= 4 is 25.1 Å². The Morgan fingerprint density at radius 1 is 0.885 bits per heavy atom. The Kier molecular flexibility index (Phi) is 5.09. The maximum atomic E-state index is 11.5. The summed E-state index contributed by atoms with van der Waals surface area (Å²) in [5.41, 5.74) is 1.74. The van der Waals surface area contributed by atoms with Crippen molar-refractivity contribution in [1.82, 2.24) is 0 Å². The molecule has 1 N–H and O–H groups in total. The molecule has 2 unspecified atom stereocenters. The average molecular weight is 410 g/mol. The van der Waals surface area contributed by atoms with Gasteiger partial charge in [0.25, 0.3) is 0 Å². The monoisotopic (exact) mass is 411 g/mol. The van der Waals surface area contributed by atoms with E-state index < -0.39 is 5.91 Å². The van der Waals surface area contributed by atoms with Crippen LogP contribution in [0.5, 0.6) is 0 Å². The number of benzene rings is 3. The van der Waals surface area contributed by atoms with E-state index in [0.29, 0.717) is 21.6 Å². The molecule has 1 saturated heterocycles. The topological polar surface area (TPSA) is 32.7 Å². The molecule has 2 atom stereocenters. The molecule has 0 aromatic heterocycles. The van der Waals surface area contributed by atoms with Crippen LogP contribution in [0.2, 0.25) is 5.32 Å². The van der Waals surface area contributed by atoms with Crippen LogP contribution in [-0.4, -0.2) is 32.7 Å². The number of hydrogen-bond donors (Lipinski definition) is 1. The van der Waals surface area contributed by atoms with E-state index in [2.05, 4.69) is 24.3 Å². The molecule has 4 rings (SSSR count). The van der Waals surface area contributed by atoms with E-state index in [1.54, 1.807) is 0 Å². The molecule has 26 heavy (non-hydrogen) atoms. The van der Waals surface area contributed by atoms with Crippen molar-refractivity contribution in [3.8, 4) is 0 Å². The Balaban J connectivity index is 1.64. The molecule has 132 valence electrons. The Morgan fingerprint density at radius 3 is 2.12 bits per heavy atom. The molecule has 1 heterocycles. The van der Waals surface area contributed by atoms with Gasteiger partial charge in [0.2, 0.25) is 0 Å². The Bertz CT molecular complexity index is 829. The third-order valence-corrected chi connectivity index (χ3v) is 6.97. The van der Waals surface area contributed by atoms with Crippen molar-refractivity contribution in [2.24, 2.45) is 0 Å². The average Bonchev–Trinajstić information content (AvgIpc) is 3.06. The summed E-state index contributed by atoms with van der Waals surface area (Å²) in [6.45, 7) is 0.509. The first kappa shape index (κ1) is 17.3. The minimum absolute atomic E-state index is 0.128. The van der Waals surface area contributed by atoms with E-state index in [1.165, 1.54) is 4.46 Å². The zero-order valence-electron chi connectivity index (χ0n) is 14.4. The van der Waals surface area contributed by atoms with Crippen LogP contribution in [0.1, 0.15) is 5.56 Å². The van der Waals surface area contributed by atoms with Crippen molar-refractivity contribution in [3.05, 3.63) is 96.6 Å². The summed E-state index contributed by atoms with van der Waals surface area (Å²) in [7, 11) is 0. The molecule has 0 aliphatic carbocycles. The molecule has 0 saturated carbocycles. The summed E-state index contributed by atoms with van der Waals surface area (Å²) in [5, 5.41) is 12.4. The Hall–Kier alpha value is -2.10. The summed E-state index contributed by atoms with van der Waals surface area (Å²) >= 11 is 0.324. The predicted octanol–water partition coefficient (Wildman–Crippen LogP) is 3.14. The number of para-hydroxylation sites is 1. The maximum absolute atomic E-state index is 11.5. The van der Waals surface area contributed by atoms with E-state index in [1.807, 2.05) is 71.6 Å². The molecule has 3 nitrogen and oxygen atoms in total. The van der Waals surface area contributed by atoms with Gasteiger partial charge in [0, 0.05) is 0 Å². The fourth-order valence-electron chi connectivity index (χ4n) is 3.29. The summed E-state index contributed by atoms with van der Waals surface area (Å²) < 4.78 is 7.35. The third-order valence-electron chi connectivity index (χ3n) is 4.54. The van der Waals surface area contributed by atoms with Crippen LogP contribution in [0.3, 0.4) is 0 Å². The summed E-state index contributed by atoms with van der Waals surface area (Å²) in [6.07, 6.45) is 0. The van der Waals surface area contributed by atoms with Gasteiger partial charge in [-0.05, 0) is 0 Å². The van der Waals surface area contributed by atoms with Gasteiger partial charge in [0.15, 0.2) is 0 Å². The van der Waals surface area contributed by atoms with Crippen LogP contribution in [0.4, 0.5) is 5.69 Å². The fraction of sp³-hybridized carbons (Fsp3) is 0.182. The van der Waals surface area contributed by atoms with Crippen LogP contribution in [0.15, 0.2) is 91.0 Å². The van der Waals surface area contributed by atoms with E-state index >= 15 is 0 Å². The zero-order valence-corrected chi connectivity index (χ0v) is 16.1. The summed E-state index contributed by atoms with van der Waals surface area (Å²) in [6, 6.07) is 30.4.